The lowest BCUT2D eigenvalue weighted by Gasteiger charge is -2.34. The smallest absolute Gasteiger partial charge is 0.307 e. The van der Waals surface area contributed by atoms with E-state index in [1.54, 1.807) is 0 Å². The van der Waals surface area contributed by atoms with Crippen LogP contribution >= 0.6 is 11.8 Å². The number of rotatable bonds is 4. The maximum Gasteiger partial charge on any atom is 0.307 e. The average Bonchev–Trinajstić information content (AvgIpc) is 2.54. The predicted octanol–water partition coefficient (Wildman–Crippen LogP) is 1.38. The Balaban J connectivity index is 2.56. The Morgan fingerprint density at radius 1 is 1.57 bits per heavy atom. The topological polar surface area (TPSA) is 29.5 Å². The molecule has 0 aromatic carbocycles. The molecule has 3 nitrogen and oxygen atoms in total. The van der Waals surface area contributed by atoms with Crippen LogP contribution < -0.4 is 0 Å². The van der Waals surface area contributed by atoms with Gasteiger partial charge in [0.1, 0.15) is 0 Å². The van der Waals surface area contributed by atoms with Crippen LogP contribution in [0.5, 0.6) is 0 Å². The highest BCUT2D eigenvalue weighted by Gasteiger charge is 2.38. The van der Waals surface area contributed by atoms with Crippen molar-refractivity contribution in [3.8, 4) is 0 Å². The highest BCUT2D eigenvalue weighted by molar-refractivity contribution is 7.99. The molecule has 0 bridgehead atoms. The summed E-state index contributed by atoms with van der Waals surface area (Å²) < 4.78 is 5.00. The van der Waals surface area contributed by atoms with Crippen molar-refractivity contribution in [1.82, 2.24) is 4.90 Å². The highest BCUT2D eigenvalue weighted by atomic mass is 32.2. The summed E-state index contributed by atoms with van der Waals surface area (Å²) in [6, 6.07) is 0. The van der Waals surface area contributed by atoms with Crippen LogP contribution in [0, 0.1) is 0 Å². The van der Waals surface area contributed by atoms with E-state index in [2.05, 4.69) is 4.90 Å². The van der Waals surface area contributed by atoms with Gasteiger partial charge in [-0.3, -0.25) is 4.79 Å². The Labute approximate surface area is 90.2 Å². The lowest BCUT2D eigenvalue weighted by Crippen LogP contribution is -2.46. The van der Waals surface area contributed by atoms with Gasteiger partial charge in [-0.15, -0.1) is 0 Å². The molecule has 0 N–H and O–H groups in total. The maximum atomic E-state index is 11.5. The first-order chi connectivity index (χ1) is 6.60. The Morgan fingerprint density at radius 3 is 2.71 bits per heavy atom. The van der Waals surface area contributed by atoms with Gasteiger partial charge in [-0.05, 0) is 33.2 Å². The van der Waals surface area contributed by atoms with Crippen LogP contribution in [0.4, 0.5) is 0 Å². The zero-order chi connectivity index (χ0) is 10.6. The molecule has 1 fully saturated rings. The van der Waals surface area contributed by atoms with E-state index in [1.807, 2.05) is 32.8 Å². The van der Waals surface area contributed by atoms with E-state index in [9.17, 15) is 4.79 Å². The van der Waals surface area contributed by atoms with Crippen LogP contribution in [-0.4, -0.2) is 48.6 Å². The SMILES string of the molecule is CCOC(=O)CC1(N(C)C)CCSC1. The zero-order valence-corrected chi connectivity index (χ0v) is 10.0. The minimum Gasteiger partial charge on any atom is -0.466 e. The summed E-state index contributed by atoms with van der Waals surface area (Å²) in [6.07, 6.45) is 1.62. The van der Waals surface area contributed by atoms with Gasteiger partial charge in [0.25, 0.3) is 0 Å². The number of esters is 1. The molecule has 0 aromatic heterocycles. The first kappa shape index (κ1) is 11.9. The number of thioether (sulfide) groups is 1. The fraction of sp³-hybridized carbons (Fsp3) is 0.900. The molecular formula is C10H19NO2S. The van der Waals surface area contributed by atoms with Gasteiger partial charge < -0.3 is 9.64 Å². The Bertz CT molecular complexity index is 200. The van der Waals surface area contributed by atoms with Crippen LogP contribution in [0.2, 0.25) is 0 Å². The Kier molecular flexibility index (Phi) is 4.26. The molecule has 0 amide bonds. The summed E-state index contributed by atoms with van der Waals surface area (Å²) in [5.74, 6) is 2.12. The van der Waals surface area contributed by atoms with Gasteiger partial charge in [0.2, 0.25) is 0 Å². The van der Waals surface area contributed by atoms with Crippen molar-refractivity contribution in [3.63, 3.8) is 0 Å². The monoisotopic (exact) mass is 217 g/mol. The lowest BCUT2D eigenvalue weighted by atomic mass is 9.93. The van der Waals surface area contributed by atoms with Gasteiger partial charge in [0.15, 0.2) is 0 Å². The summed E-state index contributed by atoms with van der Waals surface area (Å²) in [6.45, 7) is 2.33. The third kappa shape index (κ3) is 2.64. The third-order valence-electron chi connectivity index (χ3n) is 2.81. The quantitative estimate of drug-likeness (QED) is 0.665. The predicted molar refractivity (Wildman–Crippen MR) is 59.6 cm³/mol. The van der Waals surface area contributed by atoms with E-state index < -0.39 is 0 Å². The second-order valence-corrected chi connectivity index (χ2v) is 5.01. The second-order valence-electron chi connectivity index (χ2n) is 3.90. The summed E-state index contributed by atoms with van der Waals surface area (Å²) in [5, 5.41) is 0. The summed E-state index contributed by atoms with van der Waals surface area (Å²) in [5.41, 5.74) is 0.0386. The number of carbonyl (C=O) groups excluding carboxylic acids is 1. The molecule has 0 spiro atoms. The van der Waals surface area contributed by atoms with Crippen LogP contribution in [-0.2, 0) is 9.53 Å². The van der Waals surface area contributed by atoms with Crippen molar-refractivity contribution < 1.29 is 9.53 Å². The van der Waals surface area contributed by atoms with E-state index >= 15 is 0 Å². The molecule has 1 heterocycles. The van der Waals surface area contributed by atoms with E-state index in [4.69, 9.17) is 4.74 Å². The molecule has 0 aromatic rings. The van der Waals surface area contributed by atoms with Crippen molar-refractivity contribution in [2.45, 2.75) is 25.3 Å². The van der Waals surface area contributed by atoms with Crippen molar-refractivity contribution >= 4 is 17.7 Å². The molecule has 1 aliphatic heterocycles. The molecule has 82 valence electrons. The number of hydrogen-bond acceptors (Lipinski definition) is 4. The van der Waals surface area contributed by atoms with Gasteiger partial charge in [-0.2, -0.15) is 11.8 Å². The van der Waals surface area contributed by atoms with Crippen LogP contribution in [0.15, 0.2) is 0 Å². The lowest BCUT2D eigenvalue weighted by molar-refractivity contribution is -0.145. The van der Waals surface area contributed by atoms with Crippen molar-refractivity contribution in [2.75, 3.05) is 32.2 Å². The first-order valence-corrected chi connectivity index (χ1v) is 6.17. The molecular weight excluding hydrogens is 198 g/mol. The Morgan fingerprint density at radius 2 is 2.29 bits per heavy atom. The number of carbonyl (C=O) groups is 1. The van der Waals surface area contributed by atoms with Crippen molar-refractivity contribution in [3.05, 3.63) is 0 Å². The Hall–Kier alpha value is -0.220. The standard InChI is InChI=1S/C10H19NO2S/c1-4-13-9(12)7-10(11(2)3)5-6-14-8-10/h4-8H2,1-3H3. The van der Waals surface area contributed by atoms with Crippen molar-refractivity contribution in [2.24, 2.45) is 0 Å². The fourth-order valence-electron chi connectivity index (χ4n) is 1.73. The van der Waals surface area contributed by atoms with Crippen LogP contribution in [0.3, 0.4) is 0 Å². The molecule has 0 saturated carbocycles. The average molecular weight is 217 g/mol. The van der Waals surface area contributed by atoms with Gasteiger partial charge >= 0.3 is 5.97 Å². The van der Waals surface area contributed by atoms with Gasteiger partial charge in [-0.25, -0.2) is 0 Å². The van der Waals surface area contributed by atoms with Gasteiger partial charge in [0, 0.05) is 11.3 Å². The number of nitrogens with zero attached hydrogens (tertiary/aromatic N) is 1. The molecule has 1 atom stereocenters. The molecule has 1 rings (SSSR count). The summed E-state index contributed by atoms with van der Waals surface area (Å²) in [7, 11) is 4.09. The third-order valence-corrected chi connectivity index (χ3v) is 4.04. The number of hydrogen-bond donors (Lipinski definition) is 0. The van der Waals surface area contributed by atoms with Crippen LogP contribution in [0.25, 0.3) is 0 Å². The van der Waals surface area contributed by atoms with Crippen LogP contribution in [0.1, 0.15) is 19.8 Å². The maximum absolute atomic E-state index is 11.5. The van der Waals surface area contributed by atoms with Crippen molar-refractivity contribution in [1.29, 1.82) is 0 Å². The minimum atomic E-state index is -0.0660. The molecule has 1 aliphatic rings. The molecule has 14 heavy (non-hydrogen) atoms. The summed E-state index contributed by atoms with van der Waals surface area (Å²) >= 11 is 1.92. The fourth-order valence-corrected chi connectivity index (χ4v) is 3.28. The zero-order valence-electron chi connectivity index (χ0n) is 9.21. The largest absolute Gasteiger partial charge is 0.466 e. The first-order valence-electron chi connectivity index (χ1n) is 5.01. The van der Waals surface area contributed by atoms with Gasteiger partial charge in [0.05, 0.1) is 13.0 Å². The summed E-state index contributed by atoms with van der Waals surface area (Å²) in [4.78, 5) is 13.6. The molecule has 0 aliphatic carbocycles. The second kappa shape index (κ2) is 5.03. The van der Waals surface area contributed by atoms with Gasteiger partial charge in [-0.1, -0.05) is 0 Å². The van der Waals surface area contributed by atoms with E-state index in [0.29, 0.717) is 13.0 Å². The molecule has 1 saturated heterocycles. The highest BCUT2D eigenvalue weighted by Crippen LogP contribution is 2.34. The number of ether oxygens (including phenoxy) is 1. The molecule has 1 unspecified atom stereocenters. The minimum absolute atomic E-state index is 0.0386. The van der Waals surface area contributed by atoms with E-state index in [0.717, 1.165) is 17.9 Å². The normalized spacial score (nSPS) is 26.9. The van der Waals surface area contributed by atoms with E-state index in [-0.39, 0.29) is 11.5 Å². The van der Waals surface area contributed by atoms with E-state index in [1.165, 1.54) is 0 Å². The molecule has 4 heteroatoms. The molecule has 0 radical (unpaired) electrons.